The first kappa shape index (κ1) is 11.3. The van der Waals surface area contributed by atoms with Crippen molar-refractivity contribution in [2.75, 3.05) is 11.1 Å². The summed E-state index contributed by atoms with van der Waals surface area (Å²) in [6, 6.07) is 0.581. The molecule has 0 spiro atoms. The number of nitrogen functional groups attached to an aromatic ring is 1. The minimum absolute atomic E-state index is 0.581. The van der Waals surface area contributed by atoms with E-state index < -0.39 is 0 Å². The van der Waals surface area contributed by atoms with Crippen molar-refractivity contribution in [1.82, 2.24) is 9.78 Å². The zero-order valence-electron chi connectivity index (χ0n) is 10.3. The van der Waals surface area contributed by atoms with Crippen LogP contribution in [-0.4, -0.2) is 15.8 Å². The average Bonchev–Trinajstić information content (AvgIpc) is 2.58. The predicted molar refractivity (Wildman–Crippen MR) is 67.5 cm³/mol. The summed E-state index contributed by atoms with van der Waals surface area (Å²) in [5.41, 5.74) is 7.79. The molecular formula is C12H22N4. The summed E-state index contributed by atoms with van der Waals surface area (Å²) in [4.78, 5) is 0. The van der Waals surface area contributed by atoms with Crippen LogP contribution in [0.2, 0.25) is 0 Å². The number of rotatable bonds is 3. The summed E-state index contributed by atoms with van der Waals surface area (Å²) in [7, 11) is 0. The first-order chi connectivity index (χ1) is 7.72. The highest BCUT2D eigenvalue weighted by Crippen LogP contribution is 2.27. The maximum atomic E-state index is 6.05. The van der Waals surface area contributed by atoms with Gasteiger partial charge in [0.25, 0.3) is 0 Å². The molecule has 1 aliphatic carbocycles. The van der Waals surface area contributed by atoms with Crippen molar-refractivity contribution < 1.29 is 0 Å². The predicted octanol–water partition coefficient (Wildman–Crippen LogP) is 2.54. The maximum absolute atomic E-state index is 6.05. The van der Waals surface area contributed by atoms with Gasteiger partial charge in [0.05, 0.1) is 11.4 Å². The molecule has 0 saturated heterocycles. The fourth-order valence-corrected chi connectivity index (χ4v) is 2.42. The number of aryl methyl sites for hydroxylation is 2. The fourth-order valence-electron chi connectivity index (χ4n) is 2.42. The van der Waals surface area contributed by atoms with Crippen molar-refractivity contribution in [1.29, 1.82) is 0 Å². The average molecular weight is 222 g/mol. The lowest BCUT2D eigenvalue weighted by Crippen LogP contribution is -2.24. The number of aromatic nitrogens is 2. The first-order valence-electron chi connectivity index (χ1n) is 6.31. The molecule has 1 aromatic heterocycles. The van der Waals surface area contributed by atoms with Gasteiger partial charge in [-0.2, -0.15) is 5.10 Å². The molecule has 1 saturated carbocycles. The Morgan fingerprint density at radius 1 is 1.38 bits per heavy atom. The fraction of sp³-hybridized carbons (Fsp3) is 0.750. The van der Waals surface area contributed by atoms with Crippen LogP contribution < -0.4 is 11.1 Å². The van der Waals surface area contributed by atoms with E-state index in [1.807, 2.05) is 11.6 Å². The first-order valence-corrected chi connectivity index (χ1v) is 6.31. The minimum Gasteiger partial charge on any atom is -0.394 e. The minimum atomic E-state index is 0.581. The topological polar surface area (TPSA) is 55.9 Å². The Kier molecular flexibility index (Phi) is 3.36. The third kappa shape index (κ3) is 2.15. The van der Waals surface area contributed by atoms with Crippen LogP contribution in [0.5, 0.6) is 0 Å². The van der Waals surface area contributed by atoms with Gasteiger partial charge in [-0.1, -0.05) is 19.3 Å². The van der Waals surface area contributed by atoms with Gasteiger partial charge < -0.3 is 11.1 Å². The van der Waals surface area contributed by atoms with Gasteiger partial charge in [0.1, 0.15) is 5.82 Å². The lowest BCUT2D eigenvalue weighted by atomic mass is 9.95. The summed E-state index contributed by atoms with van der Waals surface area (Å²) in [5, 5.41) is 7.99. The second-order valence-corrected chi connectivity index (χ2v) is 4.64. The van der Waals surface area contributed by atoms with Crippen LogP contribution in [-0.2, 0) is 6.54 Å². The maximum Gasteiger partial charge on any atom is 0.148 e. The highest BCUT2D eigenvalue weighted by atomic mass is 15.3. The Balaban J connectivity index is 2.12. The van der Waals surface area contributed by atoms with E-state index in [0.717, 1.165) is 23.7 Å². The summed E-state index contributed by atoms with van der Waals surface area (Å²) >= 11 is 0. The van der Waals surface area contributed by atoms with Crippen LogP contribution in [0.15, 0.2) is 0 Å². The standard InChI is InChI=1S/C12H22N4/c1-3-16-12(11(13)9(2)15-16)14-10-7-5-4-6-8-10/h10,14H,3-8,13H2,1-2H3. The molecule has 0 atom stereocenters. The van der Waals surface area contributed by atoms with Crippen LogP contribution >= 0.6 is 0 Å². The van der Waals surface area contributed by atoms with Crippen LogP contribution in [0.25, 0.3) is 0 Å². The monoisotopic (exact) mass is 222 g/mol. The van der Waals surface area contributed by atoms with Crippen molar-refractivity contribution in [2.45, 2.75) is 58.5 Å². The largest absolute Gasteiger partial charge is 0.394 e. The van der Waals surface area contributed by atoms with Gasteiger partial charge in [-0.3, -0.25) is 0 Å². The number of hydrogen-bond donors (Lipinski definition) is 2. The summed E-state index contributed by atoms with van der Waals surface area (Å²) < 4.78 is 1.97. The van der Waals surface area contributed by atoms with Crippen molar-refractivity contribution in [3.05, 3.63) is 5.69 Å². The van der Waals surface area contributed by atoms with Gasteiger partial charge in [-0.15, -0.1) is 0 Å². The van der Waals surface area contributed by atoms with E-state index in [-0.39, 0.29) is 0 Å². The van der Waals surface area contributed by atoms with Crippen molar-refractivity contribution in [3.8, 4) is 0 Å². The number of anilines is 2. The number of nitrogens with two attached hydrogens (primary N) is 1. The molecule has 1 heterocycles. The zero-order chi connectivity index (χ0) is 11.5. The summed E-state index contributed by atoms with van der Waals surface area (Å²) in [5.74, 6) is 1.02. The van der Waals surface area contributed by atoms with Crippen LogP contribution in [0.4, 0.5) is 11.5 Å². The normalized spacial score (nSPS) is 17.6. The Labute approximate surface area is 97.2 Å². The van der Waals surface area contributed by atoms with E-state index in [9.17, 15) is 0 Å². The Hall–Kier alpha value is -1.19. The quantitative estimate of drug-likeness (QED) is 0.826. The van der Waals surface area contributed by atoms with E-state index in [0.29, 0.717) is 6.04 Å². The van der Waals surface area contributed by atoms with E-state index in [1.165, 1.54) is 32.1 Å². The van der Waals surface area contributed by atoms with E-state index in [4.69, 9.17) is 5.73 Å². The summed E-state index contributed by atoms with van der Waals surface area (Å²) in [6.07, 6.45) is 6.55. The molecule has 0 amide bonds. The Morgan fingerprint density at radius 3 is 2.69 bits per heavy atom. The molecular weight excluding hydrogens is 200 g/mol. The molecule has 0 radical (unpaired) electrons. The lowest BCUT2D eigenvalue weighted by Gasteiger charge is -2.24. The third-order valence-corrected chi connectivity index (χ3v) is 3.42. The van der Waals surface area contributed by atoms with Gasteiger partial charge in [0.15, 0.2) is 0 Å². The van der Waals surface area contributed by atoms with Crippen molar-refractivity contribution >= 4 is 11.5 Å². The molecule has 0 aromatic carbocycles. The number of nitrogens with zero attached hydrogens (tertiary/aromatic N) is 2. The smallest absolute Gasteiger partial charge is 0.148 e. The highest BCUT2D eigenvalue weighted by molar-refractivity contribution is 5.65. The molecule has 4 heteroatoms. The SMILES string of the molecule is CCn1nc(C)c(N)c1NC1CCCCC1. The van der Waals surface area contributed by atoms with Crippen LogP contribution in [0.1, 0.15) is 44.7 Å². The Bertz CT molecular complexity index is 350. The number of nitrogens with one attached hydrogen (secondary N) is 1. The summed E-state index contributed by atoms with van der Waals surface area (Å²) in [6.45, 7) is 4.93. The van der Waals surface area contributed by atoms with Crippen molar-refractivity contribution in [3.63, 3.8) is 0 Å². The molecule has 3 N–H and O–H groups in total. The lowest BCUT2D eigenvalue weighted by molar-refractivity contribution is 0.459. The van der Waals surface area contributed by atoms with Gasteiger partial charge >= 0.3 is 0 Å². The van der Waals surface area contributed by atoms with Gasteiger partial charge in [0.2, 0.25) is 0 Å². The molecule has 0 bridgehead atoms. The Morgan fingerprint density at radius 2 is 2.06 bits per heavy atom. The third-order valence-electron chi connectivity index (χ3n) is 3.42. The molecule has 4 nitrogen and oxygen atoms in total. The zero-order valence-corrected chi connectivity index (χ0v) is 10.3. The molecule has 16 heavy (non-hydrogen) atoms. The highest BCUT2D eigenvalue weighted by Gasteiger charge is 2.18. The van der Waals surface area contributed by atoms with Gasteiger partial charge in [-0.25, -0.2) is 4.68 Å². The van der Waals surface area contributed by atoms with Crippen molar-refractivity contribution in [2.24, 2.45) is 0 Å². The van der Waals surface area contributed by atoms with Crippen LogP contribution in [0.3, 0.4) is 0 Å². The molecule has 1 aromatic rings. The molecule has 1 aliphatic rings. The van der Waals surface area contributed by atoms with E-state index in [2.05, 4.69) is 17.3 Å². The second-order valence-electron chi connectivity index (χ2n) is 4.64. The molecule has 0 unspecified atom stereocenters. The van der Waals surface area contributed by atoms with Gasteiger partial charge in [0, 0.05) is 12.6 Å². The molecule has 2 rings (SSSR count). The molecule has 1 fully saturated rings. The van der Waals surface area contributed by atoms with E-state index in [1.54, 1.807) is 0 Å². The van der Waals surface area contributed by atoms with E-state index >= 15 is 0 Å². The number of hydrogen-bond acceptors (Lipinski definition) is 3. The van der Waals surface area contributed by atoms with Crippen LogP contribution in [0, 0.1) is 6.92 Å². The molecule has 90 valence electrons. The van der Waals surface area contributed by atoms with Gasteiger partial charge in [-0.05, 0) is 26.7 Å². The molecule has 0 aliphatic heterocycles. The second kappa shape index (κ2) is 4.76.